The van der Waals surface area contributed by atoms with Crippen LogP contribution in [0.5, 0.6) is 0 Å². The van der Waals surface area contributed by atoms with E-state index >= 15 is 0 Å². The van der Waals surface area contributed by atoms with Crippen LogP contribution in [-0.4, -0.2) is 0 Å². The number of halogens is 2. The van der Waals surface area contributed by atoms with E-state index in [2.05, 4.69) is 190 Å². The molecule has 0 nitrogen and oxygen atoms in total. The van der Waals surface area contributed by atoms with E-state index in [0.717, 1.165) is 71.0 Å². The normalized spacial score (nSPS) is 32.5. The van der Waals surface area contributed by atoms with Crippen LogP contribution in [0.2, 0.25) is 0 Å². The predicted octanol–water partition coefficient (Wildman–Crippen LogP) is 20.1. The van der Waals surface area contributed by atoms with Crippen molar-refractivity contribution in [2.24, 2.45) is 71.0 Å². The Bertz CT molecular complexity index is 1080. The Hall–Kier alpha value is 0.420. The van der Waals surface area contributed by atoms with Crippen LogP contribution in [0.15, 0.2) is 44.6 Å². The minimum atomic E-state index is 0.788. The fourth-order valence-electron chi connectivity index (χ4n) is 9.91. The van der Waals surface area contributed by atoms with Gasteiger partial charge in [0.2, 0.25) is 0 Å². The van der Waals surface area contributed by atoms with Gasteiger partial charge in [0.05, 0.1) is 0 Å². The monoisotopic (exact) mass is 991 g/mol. The van der Waals surface area contributed by atoms with Crippen molar-refractivity contribution in [3.63, 3.8) is 0 Å². The van der Waals surface area contributed by atoms with Gasteiger partial charge in [-0.05, 0) is 146 Å². The minimum Gasteiger partial charge on any atom is -0.0710 e. The number of unbranched alkanes of at least 4 members (excludes halogenated alkanes) is 5. The summed E-state index contributed by atoms with van der Waals surface area (Å²) in [5.74, 6) is 10.0. The Morgan fingerprint density at radius 1 is 0.291 bits per heavy atom. The average Bonchev–Trinajstić information content (AvgIpc) is 3.66. The van der Waals surface area contributed by atoms with Crippen molar-refractivity contribution < 1.29 is 0 Å². The van der Waals surface area contributed by atoms with Gasteiger partial charge < -0.3 is 0 Å². The first kappa shape index (κ1) is 57.5. The lowest BCUT2D eigenvalue weighted by molar-refractivity contribution is 0.276. The van der Waals surface area contributed by atoms with Gasteiger partial charge in [0.25, 0.3) is 0 Å². The maximum absolute atomic E-state index is 2.55. The molecule has 2 heteroatoms. The van der Waals surface area contributed by atoms with Gasteiger partial charge >= 0.3 is 0 Å². The van der Waals surface area contributed by atoms with Crippen molar-refractivity contribution >= 4 is 37.2 Å². The van der Waals surface area contributed by atoms with Crippen molar-refractivity contribution in [2.45, 2.75) is 223 Å². The van der Waals surface area contributed by atoms with E-state index < -0.39 is 0 Å². The predicted molar refractivity (Wildman–Crippen MR) is 274 cm³/mol. The van der Waals surface area contributed by atoms with Crippen LogP contribution >= 0.6 is 37.2 Å². The van der Waals surface area contributed by atoms with Gasteiger partial charge in [0.15, 0.2) is 0 Å². The van der Waals surface area contributed by atoms with Gasteiger partial charge in [-0.3, -0.25) is 0 Å². The molecule has 0 aromatic rings. The third-order valence-corrected chi connectivity index (χ3v) is 16.6. The van der Waals surface area contributed by atoms with Crippen LogP contribution in [0, 0.1) is 71.0 Å². The molecule has 0 saturated heterocycles. The summed E-state index contributed by atoms with van der Waals surface area (Å²) in [5, 5.41) is 0. The molecule has 0 N–H and O–H groups in total. The molecule has 0 saturated carbocycles. The first-order valence-electron chi connectivity index (χ1n) is 23.6. The molecule has 0 spiro atoms. The Morgan fingerprint density at radius 2 is 0.545 bits per heavy atom. The molecule has 326 valence electrons. The molecule has 0 aromatic heterocycles. The maximum atomic E-state index is 2.55. The van der Waals surface area contributed by atoms with Gasteiger partial charge in [-0.15, -0.1) is 0 Å². The summed E-state index contributed by atoms with van der Waals surface area (Å²) >= 11 is 4.24. The van der Waals surface area contributed by atoms with Crippen molar-refractivity contribution in [1.82, 2.24) is 0 Å². The second-order valence-corrected chi connectivity index (χ2v) is 19.1. The molecule has 0 bridgehead atoms. The maximum Gasteiger partial charge on any atom is 0 e. The molecule has 0 heterocycles. The molecule has 12 atom stereocenters. The highest BCUT2D eigenvalue weighted by molar-refractivity contribution is 15.0. The molecule has 0 amide bonds. The van der Waals surface area contributed by atoms with Crippen LogP contribution in [0.25, 0.3) is 0 Å². The Balaban J connectivity index is 0. The van der Waals surface area contributed by atoms with Gasteiger partial charge in [-0.2, -0.15) is 0 Å². The summed E-state index contributed by atoms with van der Waals surface area (Å²) in [6.07, 6.45) is 15.1. The van der Waals surface area contributed by atoms with E-state index in [1.165, 1.54) is 70.6 Å². The van der Waals surface area contributed by atoms with E-state index in [1.54, 1.807) is 44.6 Å². The number of allylic oxidation sites excluding steroid dienone is 8. The zero-order valence-corrected chi connectivity index (χ0v) is 45.8. The summed E-state index contributed by atoms with van der Waals surface area (Å²) in [7, 11) is 0. The Labute approximate surface area is 373 Å². The van der Waals surface area contributed by atoms with E-state index in [4.69, 9.17) is 0 Å². The molecule has 8 unspecified atom stereocenters. The molecular weight excluding hydrogens is 890 g/mol. The number of hydrogen-bond acceptors (Lipinski definition) is 0. The molecule has 0 aliphatic heterocycles. The second kappa shape index (κ2) is 30.4. The van der Waals surface area contributed by atoms with Gasteiger partial charge in [-0.1, -0.05) is 193 Å². The van der Waals surface area contributed by atoms with Crippen molar-refractivity contribution in [1.29, 1.82) is 0 Å². The van der Waals surface area contributed by atoms with E-state index in [9.17, 15) is 0 Å². The van der Waals surface area contributed by atoms with E-state index in [1.807, 2.05) is 0 Å². The van der Waals surface area contributed by atoms with Crippen LogP contribution in [0.1, 0.15) is 223 Å². The molecule has 4 rings (SSSR count). The first-order valence-corrected chi connectivity index (χ1v) is 29.9. The molecule has 55 heavy (non-hydrogen) atoms. The molecule has 4 aliphatic carbocycles. The molecule has 0 radical (unpaired) electrons. The fraction of sp³-hybridized carbons (Fsp3) is 0.849. The largest absolute Gasteiger partial charge is 0.0710 e. The zero-order valence-electron chi connectivity index (χ0n) is 41.5. The third-order valence-electron chi connectivity index (χ3n) is 16.6. The quantitative estimate of drug-likeness (QED) is 0.116. The lowest BCUT2D eigenvalue weighted by Crippen LogP contribution is -2.18. The summed E-state index contributed by atoms with van der Waals surface area (Å²) in [5.41, 5.74) is 13.4. The summed E-state index contributed by atoms with van der Waals surface area (Å²) in [6.45, 7) is 51.3. The lowest BCUT2D eigenvalue weighted by atomic mass is 9.78. The van der Waals surface area contributed by atoms with Crippen molar-refractivity contribution in [3.05, 3.63) is 44.6 Å². The molecule has 0 aromatic carbocycles. The van der Waals surface area contributed by atoms with E-state index in [0.29, 0.717) is 0 Å². The van der Waals surface area contributed by atoms with Crippen LogP contribution in [0.4, 0.5) is 0 Å². The van der Waals surface area contributed by atoms with E-state index in [-0.39, 0.29) is 0 Å². The molecule has 4 aliphatic rings. The van der Waals surface area contributed by atoms with Gasteiger partial charge in [-0.25, -0.2) is 0 Å². The highest BCUT2D eigenvalue weighted by Gasteiger charge is 2.38. The topological polar surface area (TPSA) is 0 Å². The van der Waals surface area contributed by atoms with Gasteiger partial charge in [0.1, 0.15) is 0 Å². The van der Waals surface area contributed by atoms with Crippen LogP contribution < -0.4 is 0 Å². The average molecular weight is 991 g/mol. The van der Waals surface area contributed by atoms with Gasteiger partial charge in [0, 0.05) is 37.2 Å². The summed E-state index contributed by atoms with van der Waals surface area (Å²) < 4.78 is 0. The highest BCUT2D eigenvalue weighted by Crippen LogP contribution is 2.49. The lowest BCUT2D eigenvalue weighted by Gasteiger charge is -2.27. The third kappa shape index (κ3) is 17.1. The second-order valence-electron chi connectivity index (χ2n) is 19.1. The van der Waals surface area contributed by atoms with Crippen LogP contribution in [0.3, 0.4) is 0 Å². The minimum absolute atomic E-state index is 0.788. The SMILES string of the molecule is CC1=C(C)[C@@H](C)C(C)C1C.CC1=C(C)[C@@H](C)C(C)C1C.CCCC.CCCC.CCCCCCC1C(C)=C(C)[C@@H](CC[C@H]2C(C)=C(C)C(C)C2C)C1C.II. The van der Waals surface area contributed by atoms with Crippen molar-refractivity contribution in [2.75, 3.05) is 0 Å². The smallest absolute Gasteiger partial charge is 0 e. The number of rotatable bonds is 10. The van der Waals surface area contributed by atoms with Crippen LogP contribution in [-0.2, 0) is 0 Å². The first-order chi connectivity index (χ1) is 25.7. The Morgan fingerprint density at radius 3 is 0.782 bits per heavy atom. The number of hydrogen-bond donors (Lipinski definition) is 0. The standard InChI is InChI=1S/C25H44.2C10H18.2C4H10.I2/c1-9-10-11-12-13-23-20(6)21(7)25(22(23)8)15-14-24-18(4)16(2)17(3)19(24)5;2*1-6-7(2)9(4)10(5)8(6)3;2*1-3-4-2;1-2/h16,18,22-25H,9-15H2,1-8H3;2*6-8H,1-5H3;2*3-4H2,1-2H3;/t16?,18?,22?,23?,24-,25-;2*6?,7-,8?;;;/m100.../s1. The summed E-state index contributed by atoms with van der Waals surface area (Å²) in [6, 6.07) is 0. The Kier molecular flexibility index (Phi) is 31.8. The zero-order chi connectivity index (χ0) is 43.3. The summed E-state index contributed by atoms with van der Waals surface area (Å²) in [4.78, 5) is 0. The fourth-order valence-corrected chi connectivity index (χ4v) is 9.91. The highest BCUT2D eigenvalue weighted by atomic mass is 128. The molecule has 0 fully saturated rings. The molecular formula is C53H100I2. The van der Waals surface area contributed by atoms with Crippen molar-refractivity contribution in [3.8, 4) is 0 Å².